The molecule has 9 nitrogen and oxygen atoms in total. The van der Waals surface area contributed by atoms with Gasteiger partial charge in [0.25, 0.3) is 5.56 Å². The number of allylic oxidation sites excluding steroid dienone is 1. The van der Waals surface area contributed by atoms with Crippen LogP contribution in [0.3, 0.4) is 0 Å². The molecule has 0 bridgehead atoms. The number of carbonyl (C=O) groups excluding carboxylic acids is 2. The number of aromatic nitrogens is 2. The molecular formula is C36H39N3O6S. The summed E-state index contributed by atoms with van der Waals surface area (Å²) in [7, 11) is 0. The topological polar surface area (TPSA) is 101 Å². The molecule has 0 spiro atoms. The van der Waals surface area contributed by atoms with Gasteiger partial charge >= 0.3 is 11.9 Å². The number of fused-ring (bicyclic) bond motifs is 1. The van der Waals surface area contributed by atoms with Gasteiger partial charge in [0, 0.05) is 22.6 Å². The van der Waals surface area contributed by atoms with E-state index in [4.69, 9.17) is 19.2 Å². The number of hydrogen-bond acceptors (Lipinski definition) is 8. The standard InChI is InChI=1S/C36H39N3O6S/c1-7-10-19-45-34(41)25-15-17-27(18-16-25)38-22(4)20-26(24(38)6)21-30-33(40)39-32(28-13-11-12-14-29(28)43-8-2)31(35(42)44-9-3)23(5)37-36(39)46-30/h11-18,20-21,32H,7-10,19H2,1-6H3/b30-21-/t32-/m1/s1. The summed E-state index contributed by atoms with van der Waals surface area (Å²) in [5.74, 6) is -0.261. The predicted octanol–water partition coefficient (Wildman–Crippen LogP) is 5.56. The first-order valence-corrected chi connectivity index (χ1v) is 16.4. The molecule has 2 aromatic heterocycles. The van der Waals surface area contributed by atoms with Crippen LogP contribution in [0.25, 0.3) is 11.8 Å². The van der Waals surface area contributed by atoms with Crippen molar-refractivity contribution in [3.8, 4) is 11.4 Å². The summed E-state index contributed by atoms with van der Waals surface area (Å²) < 4.78 is 20.9. The zero-order valence-corrected chi connectivity index (χ0v) is 27.9. The van der Waals surface area contributed by atoms with Crippen LogP contribution in [-0.2, 0) is 14.3 Å². The number of rotatable bonds is 11. The molecule has 1 atom stereocenters. The number of nitrogens with zero attached hydrogens (tertiary/aromatic N) is 3. The zero-order valence-electron chi connectivity index (χ0n) is 27.1. The largest absolute Gasteiger partial charge is 0.494 e. The Balaban J connectivity index is 1.58. The minimum atomic E-state index is -0.764. The van der Waals surface area contributed by atoms with Crippen LogP contribution in [0.1, 0.15) is 79.5 Å². The Hall–Kier alpha value is -4.70. The Morgan fingerprint density at radius 1 is 0.957 bits per heavy atom. The van der Waals surface area contributed by atoms with Crippen molar-refractivity contribution in [2.75, 3.05) is 19.8 Å². The van der Waals surface area contributed by atoms with Crippen molar-refractivity contribution >= 4 is 29.4 Å². The number of para-hydroxylation sites is 1. The molecule has 0 unspecified atom stereocenters. The Bertz CT molecular complexity index is 1980. The molecule has 0 saturated carbocycles. The lowest BCUT2D eigenvalue weighted by molar-refractivity contribution is -0.139. The maximum absolute atomic E-state index is 14.2. The van der Waals surface area contributed by atoms with Crippen LogP contribution in [0.2, 0.25) is 0 Å². The quantitative estimate of drug-likeness (QED) is 0.157. The number of ether oxygens (including phenoxy) is 3. The molecule has 240 valence electrons. The molecule has 4 aromatic rings. The number of thiazole rings is 1. The Morgan fingerprint density at radius 2 is 1.70 bits per heavy atom. The summed E-state index contributed by atoms with van der Waals surface area (Å²) in [6, 6.07) is 16.0. The predicted molar refractivity (Wildman–Crippen MR) is 178 cm³/mol. The van der Waals surface area contributed by atoms with Gasteiger partial charge in [-0.25, -0.2) is 14.6 Å². The average molecular weight is 642 g/mol. The summed E-state index contributed by atoms with van der Waals surface area (Å²) in [6.45, 7) is 12.5. The van der Waals surface area contributed by atoms with Crippen LogP contribution < -0.4 is 19.6 Å². The molecule has 3 heterocycles. The van der Waals surface area contributed by atoms with Crippen LogP contribution in [-0.4, -0.2) is 40.9 Å². The molecule has 0 aliphatic carbocycles. The second kappa shape index (κ2) is 14.2. The van der Waals surface area contributed by atoms with Gasteiger partial charge in [0.15, 0.2) is 4.80 Å². The molecule has 1 aliphatic heterocycles. The molecule has 2 aromatic carbocycles. The van der Waals surface area contributed by atoms with E-state index in [0.29, 0.717) is 50.7 Å². The van der Waals surface area contributed by atoms with Crippen molar-refractivity contribution in [1.29, 1.82) is 0 Å². The number of unbranched alkanes of at least 4 members (excludes halogenated alkanes) is 1. The van der Waals surface area contributed by atoms with Gasteiger partial charge in [-0.15, -0.1) is 0 Å². The SMILES string of the molecule is CCCCOC(=O)c1ccc(-n2c(C)cc(/C=c3\sc4n(c3=O)[C@H](c3ccccc3OCC)C(C(=O)OCC)=C(C)N=4)c2C)cc1. The van der Waals surface area contributed by atoms with E-state index in [0.717, 1.165) is 35.5 Å². The van der Waals surface area contributed by atoms with E-state index in [2.05, 4.69) is 11.5 Å². The van der Waals surface area contributed by atoms with Crippen molar-refractivity contribution in [2.45, 2.75) is 60.4 Å². The summed E-state index contributed by atoms with van der Waals surface area (Å²) in [6.07, 6.45) is 3.66. The fourth-order valence-electron chi connectivity index (χ4n) is 5.69. The fourth-order valence-corrected chi connectivity index (χ4v) is 6.73. The van der Waals surface area contributed by atoms with E-state index in [1.807, 2.05) is 69.3 Å². The minimum Gasteiger partial charge on any atom is -0.494 e. The fraction of sp³-hybridized carbons (Fsp3) is 0.333. The summed E-state index contributed by atoms with van der Waals surface area (Å²) in [5.41, 5.74) is 5.41. The number of hydrogen-bond donors (Lipinski definition) is 0. The third kappa shape index (κ3) is 6.35. The van der Waals surface area contributed by atoms with Crippen molar-refractivity contribution in [1.82, 2.24) is 9.13 Å². The maximum Gasteiger partial charge on any atom is 0.338 e. The van der Waals surface area contributed by atoms with E-state index in [9.17, 15) is 14.4 Å². The van der Waals surface area contributed by atoms with Gasteiger partial charge in [-0.2, -0.15) is 0 Å². The second-order valence-electron chi connectivity index (χ2n) is 11.0. The third-order valence-electron chi connectivity index (χ3n) is 7.88. The van der Waals surface area contributed by atoms with Gasteiger partial charge in [-0.05, 0) is 89.1 Å². The summed E-state index contributed by atoms with van der Waals surface area (Å²) >= 11 is 1.28. The van der Waals surface area contributed by atoms with E-state index in [1.165, 1.54) is 11.3 Å². The lowest BCUT2D eigenvalue weighted by atomic mass is 9.95. The van der Waals surface area contributed by atoms with Gasteiger partial charge in [-0.1, -0.05) is 42.9 Å². The first kappa shape index (κ1) is 32.7. The number of aryl methyl sites for hydroxylation is 1. The molecule has 1 aliphatic rings. The Kier molecular flexibility index (Phi) is 10.1. The molecule has 0 radical (unpaired) electrons. The first-order valence-electron chi connectivity index (χ1n) is 15.6. The van der Waals surface area contributed by atoms with Gasteiger partial charge < -0.3 is 18.8 Å². The normalized spacial score (nSPS) is 14.6. The zero-order chi connectivity index (χ0) is 33.0. The van der Waals surface area contributed by atoms with Crippen molar-refractivity contribution in [3.63, 3.8) is 0 Å². The van der Waals surface area contributed by atoms with Gasteiger partial charge in [0.2, 0.25) is 0 Å². The van der Waals surface area contributed by atoms with Crippen LogP contribution in [0.4, 0.5) is 0 Å². The van der Waals surface area contributed by atoms with E-state index in [-0.39, 0.29) is 18.1 Å². The number of esters is 2. The summed E-state index contributed by atoms with van der Waals surface area (Å²) in [4.78, 5) is 45.1. The summed E-state index contributed by atoms with van der Waals surface area (Å²) in [5, 5.41) is 0. The van der Waals surface area contributed by atoms with E-state index < -0.39 is 12.0 Å². The molecule has 5 rings (SSSR count). The minimum absolute atomic E-state index is 0.196. The highest BCUT2D eigenvalue weighted by Gasteiger charge is 2.35. The molecule has 46 heavy (non-hydrogen) atoms. The first-order chi connectivity index (χ1) is 22.2. The van der Waals surface area contributed by atoms with Crippen molar-refractivity contribution < 1.29 is 23.8 Å². The molecule has 10 heteroatoms. The van der Waals surface area contributed by atoms with Crippen molar-refractivity contribution in [3.05, 3.63) is 114 Å². The van der Waals surface area contributed by atoms with Crippen molar-refractivity contribution in [2.24, 2.45) is 4.99 Å². The highest BCUT2D eigenvalue weighted by Crippen LogP contribution is 2.36. The third-order valence-corrected chi connectivity index (χ3v) is 8.86. The Labute approximate surface area is 272 Å². The van der Waals surface area contributed by atoms with E-state index in [1.54, 1.807) is 30.5 Å². The lowest BCUT2D eigenvalue weighted by Gasteiger charge is -2.26. The van der Waals surface area contributed by atoms with Crippen LogP contribution in [0, 0.1) is 13.8 Å². The highest BCUT2D eigenvalue weighted by molar-refractivity contribution is 7.07. The second-order valence-corrected chi connectivity index (χ2v) is 12.0. The van der Waals surface area contributed by atoms with Gasteiger partial charge in [0.05, 0.1) is 41.2 Å². The maximum atomic E-state index is 14.2. The molecular weight excluding hydrogens is 602 g/mol. The van der Waals surface area contributed by atoms with Gasteiger partial charge in [0.1, 0.15) is 11.8 Å². The number of benzene rings is 2. The average Bonchev–Trinajstić information content (AvgIpc) is 3.50. The van der Waals surface area contributed by atoms with E-state index >= 15 is 0 Å². The van der Waals surface area contributed by atoms with Crippen LogP contribution in [0.5, 0.6) is 5.75 Å². The molecule has 0 fully saturated rings. The highest BCUT2D eigenvalue weighted by atomic mass is 32.1. The van der Waals surface area contributed by atoms with Gasteiger partial charge in [-0.3, -0.25) is 9.36 Å². The molecule has 0 N–H and O–H groups in total. The molecule has 0 amide bonds. The van der Waals surface area contributed by atoms with Crippen LogP contribution >= 0.6 is 11.3 Å². The molecule has 0 saturated heterocycles. The lowest BCUT2D eigenvalue weighted by Crippen LogP contribution is -2.40. The number of carbonyl (C=O) groups is 2. The Morgan fingerprint density at radius 3 is 2.39 bits per heavy atom. The van der Waals surface area contributed by atoms with Crippen LogP contribution in [0.15, 0.2) is 75.7 Å². The smallest absolute Gasteiger partial charge is 0.338 e. The monoisotopic (exact) mass is 641 g/mol.